The van der Waals surface area contributed by atoms with Crippen LogP contribution in [0.4, 0.5) is 5.95 Å². The van der Waals surface area contributed by atoms with E-state index in [9.17, 15) is 5.11 Å². The van der Waals surface area contributed by atoms with Crippen molar-refractivity contribution in [3.63, 3.8) is 0 Å². The Labute approximate surface area is 204 Å². The number of anilines is 1. The number of rotatable bonds is 3. The normalized spacial score (nSPS) is 23.6. The molecule has 1 aromatic carbocycles. The van der Waals surface area contributed by atoms with Crippen LogP contribution in [0.1, 0.15) is 49.1 Å². The predicted octanol–water partition coefficient (Wildman–Crippen LogP) is 4.12. The third-order valence-corrected chi connectivity index (χ3v) is 8.31. The molecule has 1 aliphatic carbocycles. The van der Waals surface area contributed by atoms with Gasteiger partial charge in [0.15, 0.2) is 5.65 Å². The lowest BCUT2D eigenvalue weighted by molar-refractivity contribution is 0.208. The fourth-order valence-electron chi connectivity index (χ4n) is 6.61. The molecule has 7 rings (SSSR count). The highest BCUT2D eigenvalue weighted by Gasteiger charge is 2.44. The van der Waals surface area contributed by atoms with Gasteiger partial charge in [0.1, 0.15) is 11.3 Å². The minimum absolute atomic E-state index is 0.0393. The number of nitrogens with zero attached hydrogens (tertiary/aromatic N) is 6. The summed E-state index contributed by atoms with van der Waals surface area (Å²) in [5.74, 6) is 2.19. The van der Waals surface area contributed by atoms with E-state index in [1.165, 1.54) is 11.1 Å². The number of aliphatic hydroxyl groups excluding tert-OH is 1. The van der Waals surface area contributed by atoms with Gasteiger partial charge in [-0.2, -0.15) is 0 Å². The molecular weight excluding hydrogens is 436 g/mol. The van der Waals surface area contributed by atoms with Crippen LogP contribution in [-0.4, -0.2) is 49.3 Å². The summed E-state index contributed by atoms with van der Waals surface area (Å²) >= 11 is 0. The highest BCUT2D eigenvalue weighted by Crippen LogP contribution is 2.48. The molecule has 2 unspecified atom stereocenters. The lowest BCUT2D eigenvalue weighted by atomic mass is 9.83. The van der Waals surface area contributed by atoms with E-state index in [1.54, 1.807) is 0 Å². The molecule has 35 heavy (non-hydrogen) atoms. The lowest BCUT2D eigenvalue weighted by Gasteiger charge is -2.37. The molecular formula is C28H30N6O. The minimum atomic E-state index is -0.0393. The van der Waals surface area contributed by atoms with Gasteiger partial charge >= 0.3 is 0 Å². The van der Waals surface area contributed by atoms with Gasteiger partial charge in [-0.05, 0) is 67.7 Å². The van der Waals surface area contributed by atoms with Crippen molar-refractivity contribution in [3.8, 4) is 11.3 Å². The minimum Gasteiger partial charge on any atom is -0.396 e. The number of aliphatic hydroxyl groups is 1. The SMILES string of the molecule is OCC1CCCN(c2ncc(-c3ccc4nc5n(c4n3)C3(CCC5)CCc4ccccc43)cn2)C1. The highest BCUT2D eigenvalue weighted by atomic mass is 16.3. The average Bonchev–Trinajstić information content (AvgIpc) is 3.48. The monoisotopic (exact) mass is 466 g/mol. The fraction of sp³-hybridized carbons (Fsp3) is 0.429. The zero-order valence-electron chi connectivity index (χ0n) is 19.9. The maximum atomic E-state index is 9.55. The summed E-state index contributed by atoms with van der Waals surface area (Å²) in [6.07, 6.45) is 11.4. The Morgan fingerprint density at radius 2 is 1.86 bits per heavy atom. The first-order chi connectivity index (χ1) is 17.2. The van der Waals surface area contributed by atoms with Crippen LogP contribution < -0.4 is 4.90 Å². The Bertz CT molecular complexity index is 1400. The van der Waals surface area contributed by atoms with E-state index < -0.39 is 0 Å². The first-order valence-corrected chi connectivity index (χ1v) is 12.9. The maximum absolute atomic E-state index is 9.55. The lowest BCUT2D eigenvalue weighted by Crippen LogP contribution is -2.37. The Morgan fingerprint density at radius 3 is 2.74 bits per heavy atom. The maximum Gasteiger partial charge on any atom is 0.225 e. The van der Waals surface area contributed by atoms with E-state index in [4.69, 9.17) is 9.97 Å². The van der Waals surface area contributed by atoms with Gasteiger partial charge in [0, 0.05) is 44.1 Å². The first kappa shape index (κ1) is 21.0. The largest absolute Gasteiger partial charge is 0.396 e. The molecule has 0 radical (unpaired) electrons. The molecule has 178 valence electrons. The van der Waals surface area contributed by atoms with E-state index in [2.05, 4.69) is 49.8 Å². The molecule has 1 fully saturated rings. The quantitative estimate of drug-likeness (QED) is 0.489. The van der Waals surface area contributed by atoms with Crippen LogP contribution in [-0.2, 0) is 18.4 Å². The van der Waals surface area contributed by atoms with Crippen LogP contribution in [0.3, 0.4) is 0 Å². The topological polar surface area (TPSA) is 80.0 Å². The van der Waals surface area contributed by atoms with Gasteiger partial charge in [-0.15, -0.1) is 0 Å². The molecule has 1 N–H and O–H groups in total. The summed E-state index contributed by atoms with van der Waals surface area (Å²) in [4.78, 5) is 21.7. The highest BCUT2D eigenvalue weighted by molar-refractivity contribution is 5.77. The van der Waals surface area contributed by atoms with Crippen LogP contribution in [0.15, 0.2) is 48.8 Å². The van der Waals surface area contributed by atoms with Gasteiger partial charge in [0.05, 0.1) is 11.2 Å². The molecule has 0 saturated carbocycles. The standard InChI is InChI=1S/C28H30N6O/c35-18-19-5-4-14-33(17-19)27-29-15-21(16-30-27)23-9-10-24-26(32-23)34-25(31-24)8-3-12-28(34)13-11-20-6-1-2-7-22(20)28/h1-2,6-7,9-10,15-16,19,35H,3-5,8,11-14,17-18H2. The molecule has 1 saturated heterocycles. The molecule has 2 atom stereocenters. The molecule has 4 aromatic rings. The molecule has 1 spiro atoms. The van der Waals surface area contributed by atoms with E-state index in [-0.39, 0.29) is 12.1 Å². The number of benzene rings is 1. The van der Waals surface area contributed by atoms with Gasteiger partial charge < -0.3 is 14.6 Å². The second-order valence-corrected chi connectivity index (χ2v) is 10.4. The molecule has 7 heteroatoms. The van der Waals surface area contributed by atoms with Gasteiger partial charge in [-0.25, -0.2) is 19.9 Å². The number of aryl methyl sites for hydroxylation is 2. The molecule has 3 aliphatic rings. The Kier molecular flexibility index (Phi) is 4.87. The predicted molar refractivity (Wildman–Crippen MR) is 135 cm³/mol. The van der Waals surface area contributed by atoms with E-state index >= 15 is 0 Å². The molecule has 2 aliphatic heterocycles. The summed E-state index contributed by atoms with van der Waals surface area (Å²) in [6, 6.07) is 13.0. The van der Waals surface area contributed by atoms with Crippen LogP contribution in [0.25, 0.3) is 22.4 Å². The molecule has 3 aromatic heterocycles. The third kappa shape index (κ3) is 3.28. The third-order valence-electron chi connectivity index (χ3n) is 8.31. The van der Waals surface area contributed by atoms with E-state index in [1.807, 2.05) is 18.5 Å². The van der Waals surface area contributed by atoms with Crippen LogP contribution in [0.5, 0.6) is 0 Å². The zero-order chi connectivity index (χ0) is 23.4. The average molecular weight is 467 g/mol. The number of fused-ring (bicyclic) bond motifs is 6. The second kappa shape index (κ2) is 8.12. The van der Waals surface area contributed by atoms with Gasteiger partial charge in [0.25, 0.3) is 0 Å². The Balaban J connectivity index is 1.27. The number of imidazole rings is 1. The van der Waals surface area contributed by atoms with Crippen molar-refractivity contribution < 1.29 is 5.11 Å². The molecule has 7 nitrogen and oxygen atoms in total. The van der Waals surface area contributed by atoms with Crippen LogP contribution in [0, 0.1) is 5.92 Å². The van der Waals surface area contributed by atoms with Crippen molar-refractivity contribution >= 4 is 17.1 Å². The van der Waals surface area contributed by atoms with Crippen LogP contribution in [0.2, 0.25) is 0 Å². The summed E-state index contributed by atoms with van der Waals surface area (Å²) in [5, 5.41) is 9.55. The van der Waals surface area contributed by atoms with Crippen molar-refractivity contribution in [1.82, 2.24) is 24.5 Å². The zero-order valence-corrected chi connectivity index (χ0v) is 19.9. The second-order valence-electron chi connectivity index (χ2n) is 10.4. The number of hydrogen-bond acceptors (Lipinski definition) is 6. The van der Waals surface area contributed by atoms with Crippen molar-refractivity contribution in [2.24, 2.45) is 5.92 Å². The van der Waals surface area contributed by atoms with Crippen molar-refractivity contribution in [1.29, 1.82) is 0 Å². The number of piperidine rings is 1. The first-order valence-electron chi connectivity index (χ1n) is 12.9. The van der Waals surface area contributed by atoms with E-state index in [0.717, 1.165) is 92.2 Å². The number of pyridine rings is 1. The van der Waals surface area contributed by atoms with E-state index in [0.29, 0.717) is 5.92 Å². The number of hydrogen-bond donors (Lipinski definition) is 1. The molecule has 5 heterocycles. The van der Waals surface area contributed by atoms with Crippen molar-refractivity contribution in [3.05, 3.63) is 65.7 Å². The van der Waals surface area contributed by atoms with Gasteiger partial charge in [0.2, 0.25) is 5.95 Å². The molecule has 0 amide bonds. The summed E-state index contributed by atoms with van der Waals surface area (Å²) < 4.78 is 2.46. The summed E-state index contributed by atoms with van der Waals surface area (Å²) in [6.45, 7) is 1.97. The summed E-state index contributed by atoms with van der Waals surface area (Å²) in [5.41, 5.74) is 6.60. The van der Waals surface area contributed by atoms with Crippen molar-refractivity contribution in [2.75, 3.05) is 24.6 Å². The van der Waals surface area contributed by atoms with Gasteiger partial charge in [-0.3, -0.25) is 0 Å². The Hall–Kier alpha value is -3.32. The van der Waals surface area contributed by atoms with Crippen LogP contribution >= 0.6 is 0 Å². The fourth-order valence-corrected chi connectivity index (χ4v) is 6.61. The molecule has 0 bridgehead atoms. The van der Waals surface area contributed by atoms with Crippen molar-refractivity contribution in [2.45, 2.75) is 50.5 Å². The van der Waals surface area contributed by atoms with Gasteiger partial charge in [-0.1, -0.05) is 24.3 Å². The summed E-state index contributed by atoms with van der Waals surface area (Å²) in [7, 11) is 0. The number of aromatic nitrogens is 5. The Morgan fingerprint density at radius 1 is 0.971 bits per heavy atom. The smallest absolute Gasteiger partial charge is 0.225 e.